The Labute approximate surface area is 187 Å². The Balaban J connectivity index is 1.65. The van der Waals surface area contributed by atoms with Gasteiger partial charge >= 0.3 is 0 Å². The third-order valence-electron chi connectivity index (χ3n) is 5.01. The summed E-state index contributed by atoms with van der Waals surface area (Å²) < 4.78 is 6.22. The van der Waals surface area contributed by atoms with Gasteiger partial charge in [-0.25, -0.2) is 4.98 Å². The third kappa shape index (κ3) is 3.52. The quantitative estimate of drug-likeness (QED) is 0.375. The molecule has 5 rings (SSSR count). The molecule has 0 aliphatic rings. The average molecular weight is 449 g/mol. The number of anilines is 1. The molecule has 0 bridgehead atoms. The van der Waals surface area contributed by atoms with Crippen molar-refractivity contribution >= 4 is 55.1 Å². The molecular weight excluding hydrogens is 432 g/mol. The zero-order valence-electron chi connectivity index (χ0n) is 16.5. The van der Waals surface area contributed by atoms with Crippen molar-refractivity contribution in [2.45, 2.75) is 6.54 Å². The number of H-pyrrole nitrogens is 1. The Morgan fingerprint density at radius 2 is 2.00 bits per heavy atom. The van der Waals surface area contributed by atoms with E-state index >= 15 is 0 Å². The van der Waals surface area contributed by atoms with Crippen LogP contribution in [0.3, 0.4) is 0 Å². The van der Waals surface area contributed by atoms with Gasteiger partial charge in [0.15, 0.2) is 5.13 Å². The molecule has 154 valence electrons. The van der Waals surface area contributed by atoms with Crippen LogP contribution >= 0.6 is 22.9 Å². The summed E-state index contributed by atoms with van der Waals surface area (Å²) in [6.07, 6.45) is 3.45. The number of carbonyl (C=O) groups excluding carboxylic acids is 1. The number of nitrogens with one attached hydrogen (secondary N) is 1. The highest BCUT2D eigenvalue weighted by Gasteiger charge is 2.25. The number of benzene rings is 2. The Bertz CT molecular complexity index is 1400. The van der Waals surface area contributed by atoms with Gasteiger partial charge in [0.1, 0.15) is 11.3 Å². The molecule has 0 aliphatic heterocycles. The van der Waals surface area contributed by atoms with Crippen molar-refractivity contribution in [3.05, 3.63) is 83.3 Å². The minimum Gasteiger partial charge on any atom is -0.494 e. The molecule has 3 aromatic heterocycles. The number of fused-ring (bicyclic) bond motifs is 2. The number of thiazole rings is 1. The summed E-state index contributed by atoms with van der Waals surface area (Å²) in [5, 5.41) is 1.95. The first-order valence-corrected chi connectivity index (χ1v) is 10.8. The van der Waals surface area contributed by atoms with Crippen molar-refractivity contribution in [1.82, 2.24) is 15.0 Å². The van der Waals surface area contributed by atoms with Crippen molar-refractivity contribution in [2.75, 3.05) is 12.0 Å². The number of carbonyl (C=O) groups is 1. The molecule has 0 saturated heterocycles. The van der Waals surface area contributed by atoms with Crippen molar-refractivity contribution in [3.8, 4) is 5.75 Å². The number of rotatable bonds is 5. The van der Waals surface area contributed by atoms with E-state index in [9.17, 15) is 4.79 Å². The van der Waals surface area contributed by atoms with Gasteiger partial charge in [-0.1, -0.05) is 47.2 Å². The third-order valence-corrected chi connectivity index (χ3v) is 6.55. The van der Waals surface area contributed by atoms with Crippen molar-refractivity contribution in [3.63, 3.8) is 0 Å². The van der Waals surface area contributed by atoms with Crippen LogP contribution in [0.25, 0.3) is 21.1 Å². The number of hydrogen-bond donors (Lipinski definition) is 1. The number of hydrogen-bond acceptors (Lipinski definition) is 5. The lowest BCUT2D eigenvalue weighted by atomic mass is 10.1. The largest absolute Gasteiger partial charge is 0.494 e. The summed E-state index contributed by atoms with van der Waals surface area (Å²) in [7, 11) is 1.59. The van der Waals surface area contributed by atoms with Crippen molar-refractivity contribution in [1.29, 1.82) is 0 Å². The molecule has 31 heavy (non-hydrogen) atoms. The first-order valence-electron chi connectivity index (χ1n) is 9.56. The van der Waals surface area contributed by atoms with Gasteiger partial charge in [-0.15, -0.1) is 0 Å². The van der Waals surface area contributed by atoms with Crippen LogP contribution in [0.4, 0.5) is 5.13 Å². The first-order chi connectivity index (χ1) is 15.2. The molecular formula is C23H17ClN4O2S. The van der Waals surface area contributed by atoms with Gasteiger partial charge in [0.05, 0.1) is 34.6 Å². The van der Waals surface area contributed by atoms with Gasteiger partial charge < -0.3 is 9.72 Å². The molecule has 1 amide bonds. The zero-order chi connectivity index (χ0) is 21.4. The second-order valence-corrected chi connectivity index (χ2v) is 8.27. The van der Waals surface area contributed by atoms with E-state index < -0.39 is 0 Å². The number of pyridine rings is 1. The lowest BCUT2D eigenvalue weighted by Crippen LogP contribution is -2.30. The summed E-state index contributed by atoms with van der Waals surface area (Å²) in [5.74, 6) is 0.441. The fraction of sp³-hybridized carbons (Fsp3) is 0.0870. The topological polar surface area (TPSA) is 71.1 Å². The fourth-order valence-electron chi connectivity index (χ4n) is 3.50. The van der Waals surface area contributed by atoms with Gasteiger partial charge in [-0.3, -0.25) is 14.7 Å². The number of aromatic nitrogens is 3. The van der Waals surface area contributed by atoms with Gasteiger partial charge in [-0.2, -0.15) is 0 Å². The molecule has 0 spiro atoms. The zero-order valence-corrected chi connectivity index (χ0v) is 18.1. The molecule has 0 radical (unpaired) electrons. The molecule has 0 atom stereocenters. The van der Waals surface area contributed by atoms with E-state index in [0.29, 0.717) is 27.0 Å². The highest BCUT2D eigenvalue weighted by molar-refractivity contribution is 7.23. The average Bonchev–Trinajstić information content (AvgIpc) is 3.43. The maximum Gasteiger partial charge on any atom is 0.262 e. The van der Waals surface area contributed by atoms with E-state index in [1.54, 1.807) is 36.5 Å². The van der Waals surface area contributed by atoms with E-state index in [0.717, 1.165) is 21.3 Å². The number of ether oxygens (including phenoxy) is 1. The summed E-state index contributed by atoms with van der Waals surface area (Å²) in [6, 6.07) is 16.9. The van der Waals surface area contributed by atoms with Crippen LogP contribution in [-0.4, -0.2) is 28.0 Å². The van der Waals surface area contributed by atoms with E-state index in [-0.39, 0.29) is 12.5 Å². The van der Waals surface area contributed by atoms with Crippen LogP contribution in [-0.2, 0) is 6.54 Å². The Morgan fingerprint density at radius 3 is 2.81 bits per heavy atom. The minimum atomic E-state index is -0.169. The second-order valence-electron chi connectivity index (χ2n) is 6.88. The monoisotopic (exact) mass is 448 g/mol. The summed E-state index contributed by atoms with van der Waals surface area (Å²) >= 11 is 7.77. The molecule has 0 fully saturated rings. The highest BCUT2D eigenvalue weighted by Crippen LogP contribution is 2.39. The van der Waals surface area contributed by atoms with E-state index in [4.69, 9.17) is 21.3 Å². The smallest absolute Gasteiger partial charge is 0.262 e. The summed E-state index contributed by atoms with van der Waals surface area (Å²) in [6.45, 7) is 0.277. The normalized spacial score (nSPS) is 11.2. The molecule has 0 saturated carbocycles. The van der Waals surface area contributed by atoms with Crippen molar-refractivity contribution < 1.29 is 9.53 Å². The standard InChI is InChI=1S/C23H17ClN4O2S/c1-30-19-10-9-17(24)21-20(19)27-23(31-21)28(13-14-6-4-5-11-25-14)22(29)16-12-26-18-8-3-2-7-15(16)18/h2-12,26H,13H2,1H3. The van der Waals surface area contributed by atoms with Crippen LogP contribution in [0, 0.1) is 0 Å². The first kappa shape index (κ1) is 19.5. The van der Waals surface area contributed by atoms with E-state index in [2.05, 4.69) is 9.97 Å². The maximum atomic E-state index is 13.7. The Kier molecular flexibility index (Phi) is 5.05. The van der Waals surface area contributed by atoms with Gasteiger partial charge in [-0.05, 0) is 30.3 Å². The summed E-state index contributed by atoms with van der Waals surface area (Å²) in [5.41, 5.74) is 2.86. The molecule has 6 nitrogen and oxygen atoms in total. The maximum absolute atomic E-state index is 13.7. The Morgan fingerprint density at radius 1 is 1.16 bits per heavy atom. The number of nitrogens with zero attached hydrogens (tertiary/aromatic N) is 3. The number of halogens is 1. The van der Waals surface area contributed by atoms with Crippen LogP contribution in [0.15, 0.2) is 67.0 Å². The highest BCUT2D eigenvalue weighted by atomic mass is 35.5. The Hall–Kier alpha value is -3.42. The molecule has 0 unspecified atom stereocenters. The second kappa shape index (κ2) is 8.02. The van der Waals surface area contributed by atoms with Crippen LogP contribution in [0.5, 0.6) is 5.75 Å². The summed E-state index contributed by atoms with van der Waals surface area (Å²) in [4.78, 5) is 27.7. The lowest BCUT2D eigenvalue weighted by molar-refractivity contribution is 0.0986. The molecule has 0 aliphatic carbocycles. The van der Waals surface area contributed by atoms with Gasteiger partial charge in [0.2, 0.25) is 0 Å². The van der Waals surface area contributed by atoms with Crippen LogP contribution < -0.4 is 9.64 Å². The van der Waals surface area contributed by atoms with Gasteiger partial charge in [0.25, 0.3) is 5.91 Å². The lowest BCUT2D eigenvalue weighted by Gasteiger charge is -2.19. The molecule has 1 N–H and O–H groups in total. The minimum absolute atomic E-state index is 0.169. The number of para-hydroxylation sites is 1. The molecule has 2 aromatic carbocycles. The van der Waals surface area contributed by atoms with E-state index in [1.807, 2.05) is 42.5 Å². The molecule has 5 aromatic rings. The predicted molar refractivity (Wildman–Crippen MR) is 124 cm³/mol. The van der Waals surface area contributed by atoms with Gasteiger partial charge in [0, 0.05) is 23.3 Å². The van der Waals surface area contributed by atoms with Crippen LogP contribution in [0.2, 0.25) is 5.02 Å². The molecule has 3 heterocycles. The number of amides is 1. The van der Waals surface area contributed by atoms with Crippen LogP contribution in [0.1, 0.15) is 16.1 Å². The fourth-order valence-corrected chi connectivity index (χ4v) is 4.75. The van der Waals surface area contributed by atoms with Crippen molar-refractivity contribution in [2.24, 2.45) is 0 Å². The van der Waals surface area contributed by atoms with E-state index in [1.165, 1.54) is 11.3 Å². The molecule has 8 heteroatoms. The SMILES string of the molecule is COc1ccc(Cl)c2sc(N(Cc3ccccn3)C(=O)c3c[nH]c4ccccc34)nc12. The predicted octanol–water partition coefficient (Wildman–Crippen LogP) is 5.68. The number of methoxy groups -OCH3 is 1. The number of aromatic amines is 1.